The summed E-state index contributed by atoms with van der Waals surface area (Å²) in [5, 5.41) is 0. The molecule has 3 aromatic rings. The Morgan fingerprint density at radius 3 is 2.71 bits per heavy atom. The smallest absolute Gasteiger partial charge is 0.252 e. The number of likely N-dealkylation sites (N-methyl/N-ethyl adjacent to an activating group) is 1. The van der Waals surface area contributed by atoms with Gasteiger partial charge in [0.05, 0.1) is 17.4 Å². The second kappa shape index (κ2) is 6.69. The van der Waals surface area contributed by atoms with Crippen LogP contribution in [0.4, 0.5) is 17.2 Å². The predicted octanol–water partition coefficient (Wildman–Crippen LogP) is 1.46. The molecule has 28 heavy (non-hydrogen) atoms. The summed E-state index contributed by atoms with van der Waals surface area (Å²) < 4.78 is 0. The van der Waals surface area contributed by atoms with Crippen LogP contribution < -0.4 is 15.5 Å². The van der Waals surface area contributed by atoms with Crippen molar-refractivity contribution in [3.05, 3.63) is 54.1 Å². The number of nitrogens with zero attached hydrogens (tertiary/aromatic N) is 6. The van der Waals surface area contributed by atoms with Gasteiger partial charge in [0.1, 0.15) is 17.9 Å². The Labute approximate surface area is 160 Å². The van der Waals surface area contributed by atoms with E-state index in [9.17, 15) is 9.59 Å². The van der Waals surface area contributed by atoms with Gasteiger partial charge in [-0.15, -0.1) is 0 Å². The minimum atomic E-state index is -0.634. The van der Waals surface area contributed by atoms with Crippen LogP contribution in [0.2, 0.25) is 0 Å². The van der Waals surface area contributed by atoms with Crippen molar-refractivity contribution in [2.45, 2.75) is 6.92 Å². The van der Waals surface area contributed by atoms with Gasteiger partial charge in [-0.25, -0.2) is 15.0 Å². The van der Waals surface area contributed by atoms with E-state index in [-0.39, 0.29) is 18.0 Å². The van der Waals surface area contributed by atoms with E-state index in [2.05, 4.69) is 19.9 Å². The monoisotopic (exact) mass is 375 g/mol. The van der Waals surface area contributed by atoms with Gasteiger partial charge in [-0.1, -0.05) is 6.07 Å². The van der Waals surface area contributed by atoms with Gasteiger partial charge in [0, 0.05) is 25.1 Å². The van der Waals surface area contributed by atoms with Crippen molar-refractivity contribution in [3.63, 3.8) is 0 Å². The third kappa shape index (κ3) is 2.92. The lowest BCUT2D eigenvalue weighted by atomic mass is 10.1. The van der Waals surface area contributed by atoms with Gasteiger partial charge in [-0.2, -0.15) is 0 Å². The molecular formula is C19H17N7O2. The summed E-state index contributed by atoms with van der Waals surface area (Å²) in [6, 6.07) is 7.21. The van der Waals surface area contributed by atoms with Crippen molar-refractivity contribution in [3.8, 4) is 11.5 Å². The van der Waals surface area contributed by atoms with Crippen LogP contribution in [0.5, 0.6) is 0 Å². The van der Waals surface area contributed by atoms with Crippen molar-refractivity contribution in [2.24, 2.45) is 5.73 Å². The topological polar surface area (TPSA) is 118 Å². The Morgan fingerprint density at radius 2 is 1.96 bits per heavy atom. The van der Waals surface area contributed by atoms with E-state index in [0.29, 0.717) is 28.7 Å². The second-order valence-corrected chi connectivity index (χ2v) is 6.36. The number of aromatic nitrogens is 4. The van der Waals surface area contributed by atoms with Crippen molar-refractivity contribution in [2.75, 3.05) is 23.4 Å². The maximum atomic E-state index is 12.5. The minimum absolute atomic E-state index is 0.00545. The van der Waals surface area contributed by atoms with Gasteiger partial charge < -0.3 is 15.5 Å². The van der Waals surface area contributed by atoms with Crippen LogP contribution in [0.15, 0.2) is 42.9 Å². The van der Waals surface area contributed by atoms with Crippen molar-refractivity contribution >= 4 is 29.0 Å². The van der Waals surface area contributed by atoms with Crippen LogP contribution in [-0.2, 0) is 4.79 Å². The summed E-state index contributed by atoms with van der Waals surface area (Å²) in [7, 11) is 1.66. The van der Waals surface area contributed by atoms with Crippen molar-refractivity contribution in [1.82, 2.24) is 19.9 Å². The van der Waals surface area contributed by atoms with Crippen LogP contribution in [0.3, 0.4) is 0 Å². The Bertz CT molecular complexity index is 1100. The number of pyridine rings is 2. The van der Waals surface area contributed by atoms with Crippen LogP contribution in [0.25, 0.3) is 11.5 Å². The fraction of sp³-hybridized carbons (Fsp3) is 0.158. The molecule has 0 spiro atoms. The van der Waals surface area contributed by atoms with E-state index in [4.69, 9.17) is 5.73 Å². The normalized spacial score (nSPS) is 13.4. The Hall–Kier alpha value is -3.88. The van der Waals surface area contributed by atoms with Crippen molar-refractivity contribution < 1.29 is 9.59 Å². The molecule has 9 heteroatoms. The first-order valence-corrected chi connectivity index (χ1v) is 8.54. The zero-order chi connectivity index (χ0) is 19.8. The van der Waals surface area contributed by atoms with Crippen LogP contribution in [0.1, 0.15) is 16.1 Å². The Kier molecular flexibility index (Phi) is 4.19. The van der Waals surface area contributed by atoms with Crippen LogP contribution in [0, 0.1) is 6.92 Å². The first-order valence-electron chi connectivity index (χ1n) is 8.54. The number of primary amides is 1. The van der Waals surface area contributed by atoms with Gasteiger partial charge in [0.15, 0.2) is 11.6 Å². The molecule has 4 heterocycles. The highest BCUT2D eigenvalue weighted by atomic mass is 16.2. The predicted molar refractivity (Wildman–Crippen MR) is 103 cm³/mol. The average Bonchev–Trinajstić information content (AvgIpc) is 2.70. The number of carbonyl (C=O) groups is 2. The molecule has 140 valence electrons. The van der Waals surface area contributed by atoms with E-state index in [0.717, 1.165) is 5.69 Å². The van der Waals surface area contributed by atoms with Crippen LogP contribution >= 0.6 is 0 Å². The highest BCUT2D eigenvalue weighted by Gasteiger charge is 2.32. The van der Waals surface area contributed by atoms with Gasteiger partial charge in [0.25, 0.3) is 5.91 Å². The molecule has 0 radical (unpaired) electrons. The standard InChI is InChI=1S/C19H17N7O2/c1-11-4-3-5-13(23-11)18-22-9-15-19(24-18)26(10-16(27)25(15)2)14-6-7-21-8-12(14)17(20)28/h3-9H,10H2,1-2H3,(H2,20,28). The molecule has 9 nitrogen and oxygen atoms in total. The maximum absolute atomic E-state index is 12.5. The lowest BCUT2D eigenvalue weighted by molar-refractivity contribution is -0.117. The zero-order valence-electron chi connectivity index (χ0n) is 15.3. The molecule has 2 N–H and O–H groups in total. The molecule has 0 aliphatic carbocycles. The third-order valence-electron chi connectivity index (χ3n) is 4.51. The zero-order valence-corrected chi connectivity index (χ0v) is 15.3. The molecule has 0 aromatic carbocycles. The van der Waals surface area contributed by atoms with E-state index >= 15 is 0 Å². The SMILES string of the molecule is Cc1cccc(-c2ncc3c(n2)N(c2ccncc2C(N)=O)CC(=O)N3C)n1. The van der Waals surface area contributed by atoms with E-state index in [1.165, 1.54) is 17.3 Å². The molecule has 0 fully saturated rings. The summed E-state index contributed by atoms with van der Waals surface area (Å²) in [4.78, 5) is 45.0. The maximum Gasteiger partial charge on any atom is 0.252 e. The Balaban J connectivity index is 1.90. The highest BCUT2D eigenvalue weighted by molar-refractivity contribution is 6.06. The second-order valence-electron chi connectivity index (χ2n) is 6.36. The first kappa shape index (κ1) is 17.5. The summed E-state index contributed by atoms with van der Waals surface area (Å²) in [6.45, 7) is 1.89. The summed E-state index contributed by atoms with van der Waals surface area (Å²) in [5.74, 6) is 0.115. The largest absolute Gasteiger partial charge is 0.365 e. The molecule has 3 aromatic heterocycles. The van der Waals surface area contributed by atoms with E-state index in [1.54, 1.807) is 24.2 Å². The molecule has 0 bridgehead atoms. The quantitative estimate of drug-likeness (QED) is 0.736. The molecule has 0 saturated heterocycles. The molecule has 0 saturated carbocycles. The number of fused-ring (bicyclic) bond motifs is 1. The number of anilines is 3. The van der Waals surface area contributed by atoms with E-state index < -0.39 is 5.91 Å². The molecule has 0 atom stereocenters. The number of amides is 2. The molecule has 2 amide bonds. The molecule has 0 unspecified atom stereocenters. The molecular weight excluding hydrogens is 358 g/mol. The lowest BCUT2D eigenvalue weighted by Crippen LogP contribution is -2.43. The molecule has 1 aliphatic heterocycles. The van der Waals surface area contributed by atoms with Crippen LogP contribution in [-0.4, -0.2) is 45.3 Å². The fourth-order valence-corrected chi connectivity index (χ4v) is 3.05. The van der Waals surface area contributed by atoms with Gasteiger partial charge in [0.2, 0.25) is 5.91 Å². The summed E-state index contributed by atoms with van der Waals surface area (Å²) >= 11 is 0. The summed E-state index contributed by atoms with van der Waals surface area (Å²) in [5.41, 5.74) is 8.16. The highest BCUT2D eigenvalue weighted by Crippen LogP contribution is 2.37. The third-order valence-corrected chi connectivity index (χ3v) is 4.51. The average molecular weight is 375 g/mol. The fourth-order valence-electron chi connectivity index (χ4n) is 3.05. The van der Waals surface area contributed by atoms with Gasteiger partial charge in [-0.3, -0.25) is 14.6 Å². The molecule has 4 rings (SSSR count). The number of hydrogen-bond donors (Lipinski definition) is 1. The number of hydrogen-bond acceptors (Lipinski definition) is 7. The lowest BCUT2D eigenvalue weighted by Gasteiger charge is -2.34. The van der Waals surface area contributed by atoms with Crippen molar-refractivity contribution in [1.29, 1.82) is 0 Å². The minimum Gasteiger partial charge on any atom is -0.365 e. The van der Waals surface area contributed by atoms with Gasteiger partial charge >= 0.3 is 0 Å². The first-order chi connectivity index (χ1) is 13.5. The molecule has 1 aliphatic rings. The number of nitrogens with two attached hydrogens (primary N) is 1. The summed E-state index contributed by atoms with van der Waals surface area (Å²) in [6.07, 6.45) is 4.50. The number of rotatable bonds is 3. The Morgan fingerprint density at radius 1 is 1.14 bits per heavy atom. The number of aryl methyl sites for hydroxylation is 1. The number of carbonyl (C=O) groups excluding carboxylic acids is 2. The van der Waals surface area contributed by atoms with Gasteiger partial charge in [-0.05, 0) is 25.1 Å². The van der Waals surface area contributed by atoms with E-state index in [1.807, 2.05) is 25.1 Å².